The summed E-state index contributed by atoms with van der Waals surface area (Å²) < 4.78 is 1.95. The van der Waals surface area contributed by atoms with Gasteiger partial charge in [-0.3, -0.25) is 4.40 Å². The molecular formula is C11H17ClN4. The number of hydrogen-bond donors (Lipinski definition) is 1. The van der Waals surface area contributed by atoms with Crippen LogP contribution in [-0.4, -0.2) is 14.6 Å². The van der Waals surface area contributed by atoms with Crippen molar-refractivity contribution in [3.05, 3.63) is 30.2 Å². The van der Waals surface area contributed by atoms with Crippen LogP contribution in [-0.2, 0) is 0 Å². The first kappa shape index (κ1) is 12.9. The van der Waals surface area contributed by atoms with E-state index in [1.165, 1.54) is 0 Å². The lowest BCUT2D eigenvalue weighted by Crippen LogP contribution is -2.16. The average Bonchev–Trinajstić information content (AvgIpc) is 2.59. The van der Waals surface area contributed by atoms with Gasteiger partial charge in [0.25, 0.3) is 0 Å². The highest BCUT2D eigenvalue weighted by atomic mass is 35.5. The van der Waals surface area contributed by atoms with E-state index in [2.05, 4.69) is 24.0 Å². The summed E-state index contributed by atoms with van der Waals surface area (Å²) in [7, 11) is 0. The molecule has 2 aromatic rings. The minimum Gasteiger partial charge on any atom is -0.321 e. The lowest BCUT2D eigenvalue weighted by molar-refractivity contribution is 0.490. The van der Waals surface area contributed by atoms with Crippen molar-refractivity contribution in [2.24, 2.45) is 11.7 Å². The van der Waals surface area contributed by atoms with Gasteiger partial charge in [-0.05, 0) is 24.5 Å². The quantitative estimate of drug-likeness (QED) is 0.895. The summed E-state index contributed by atoms with van der Waals surface area (Å²) in [4.78, 5) is 0. The number of nitrogens with two attached hydrogens (primary N) is 1. The molecule has 0 fully saturated rings. The standard InChI is InChI=1S/C11H16N4.ClH/c1-8(2)7-9(12)11-14-13-10-5-3-4-6-15(10)11;/h3-6,8-9H,7,12H2,1-2H3;1H. The second-order valence-electron chi connectivity index (χ2n) is 4.22. The van der Waals surface area contributed by atoms with Crippen molar-refractivity contribution in [2.75, 3.05) is 0 Å². The first-order valence-electron chi connectivity index (χ1n) is 5.23. The van der Waals surface area contributed by atoms with Crippen LogP contribution >= 0.6 is 12.4 Å². The minimum absolute atomic E-state index is 0. The smallest absolute Gasteiger partial charge is 0.160 e. The Labute approximate surface area is 101 Å². The van der Waals surface area contributed by atoms with Gasteiger partial charge in [-0.2, -0.15) is 0 Å². The molecule has 4 nitrogen and oxygen atoms in total. The molecule has 88 valence electrons. The Morgan fingerprint density at radius 2 is 2.06 bits per heavy atom. The molecule has 0 aliphatic carbocycles. The first-order valence-corrected chi connectivity index (χ1v) is 5.23. The van der Waals surface area contributed by atoms with Gasteiger partial charge in [0.15, 0.2) is 11.5 Å². The average molecular weight is 241 g/mol. The van der Waals surface area contributed by atoms with Gasteiger partial charge >= 0.3 is 0 Å². The molecule has 5 heteroatoms. The summed E-state index contributed by atoms with van der Waals surface area (Å²) in [5.41, 5.74) is 6.94. The van der Waals surface area contributed by atoms with E-state index in [1.54, 1.807) is 0 Å². The fraction of sp³-hybridized carbons (Fsp3) is 0.455. The molecule has 2 aromatic heterocycles. The summed E-state index contributed by atoms with van der Waals surface area (Å²) in [6.07, 6.45) is 2.88. The molecular weight excluding hydrogens is 224 g/mol. The Morgan fingerprint density at radius 1 is 1.31 bits per heavy atom. The van der Waals surface area contributed by atoms with E-state index in [0.717, 1.165) is 17.9 Å². The van der Waals surface area contributed by atoms with Crippen molar-refractivity contribution in [3.63, 3.8) is 0 Å². The zero-order chi connectivity index (χ0) is 10.8. The number of fused-ring (bicyclic) bond motifs is 1. The van der Waals surface area contributed by atoms with E-state index in [-0.39, 0.29) is 18.4 Å². The fourth-order valence-electron chi connectivity index (χ4n) is 1.73. The van der Waals surface area contributed by atoms with Crippen LogP contribution < -0.4 is 5.73 Å². The summed E-state index contributed by atoms with van der Waals surface area (Å²) in [5.74, 6) is 1.41. The third-order valence-electron chi connectivity index (χ3n) is 2.40. The van der Waals surface area contributed by atoms with Gasteiger partial charge in [0.2, 0.25) is 0 Å². The first-order chi connectivity index (χ1) is 7.18. The molecule has 0 saturated heterocycles. The highest BCUT2D eigenvalue weighted by Gasteiger charge is 2.14. The van der Waals surface area contributed by atoms with Gasteiger partial charge in [0.05, 0.1) is 6.04 Å². The van der Waals surface area contributed by atoms with Crippen molar-refractivity contribution >= 4 is 18.1 Å². The molecule has 0 saturated carbocycles. The maximum absolute atomic E-state index is 6.08. The van der Waals surface area contributed by atoms with Crippen LogP contribution in [0, 0.1) is 5.92 Å². The lowest BCUT2D eigenvalue weighted by atomic mass is 10.0. The molecule has 0 aromatic carbocycles. The van der Waals surface area contributed by atoms with Gasteiger partial charge in [-0.1, -0.05) is 19.9 Å². The Hall–Kier alpha value is -1.13. The fourth-order valence-corrected chi connectivity index (χ4v) is 1.73. The van der Waals surface area contributed by atoms with Crippen molar-refractivity contribution in [1.29, 1.82) is 0 Å². The van der Waals surface area contributed by atoms with Crippen molar-refractivity contribution in [3.8, 4) is 0 Å². The largest absolute Gasteiger partial charge is 0.321 e. The number of aromatic nitrogens is 3. The molecule has 0 bridgehead atoms. The number of rotatable bonds is 3. The molecule has 1 atom stereocenters. The van der Waals surface area contributed by atoms with E-state index in [4.69, 9.17) is 5.73 Å². The molecule has 0 radical (unpaired) electrons. The summed E-state index contributed by atoms with van der Waals surface area (Å²) in [6.45, 7) is 4.31. The number of nitrogens with zero attached hydrogens (tertiary/aromatic N) is 3. The highest BCUT2D eigenvalue weighted by molar-refractivity contribution is 5.85. The van der Waals surface area contributed by atoms with E-state index in [0.29, 0.717) is 5.92 Å². The van der Waals surface area contributed by atoms with Crippen LogP contribution in [0.3, 0.4) is 0 Å². The maximum Gasteiger partial charge on any atom is 0.160 e. The molecule has 1 unspecified atom stereocenters. The topological polar surface area (TPSA) is 56.2 Å². The highest BCUT2D eigenvalue weighted by Crippen LogP contribution is 2.17. The molecule has 0 spiro atoms. The van der Waals surface area contributed by atoms with Crippen LogP contribution in [0.4, 0.5) is 0 Å². The van der Waals surface area contributed by atoms with Gasteiger partial charge in [-0.25, -0.2) is 0 Å². The molecule has 0 amide bonds. The van der Waals surface area contributed by atoms with Crippen molar-refractivity contribution in [1.82, 2.24) is 14.6 Å². The Bertz CT molecular complexity index is 452. The second kappa shape index (κ2) is 5.27. The zero-order valence-electron chi connectivity index (χ0n) is 9.50. The molecule has 16 heavy (non-hydrogen) atoms. The summed E-state index contributed by atoms with van der Waals surface area (Å²) in [5, 5.41) is 8.22. The monoisotopic (exact) mass is 240 g/mol. The predicted octanol–water partition coefficient (Wildman–Crippen LogP) is 2.20. The third kappa shape index (κ3) is 2.51. The lowest BCUT2D eigenvalue weighted by Gasteiger charge is -2.11. The predicted molar refractivity (Wildman–Crippen MR) is 66.6 cm³/mol. The van der Waals surface area contributed by atoms with E-state index >= 15 is 0 Å². The summed E-state index contributed by atoms with van der Waals surface area (Å²) in [6, 6.07) is 5.80. The van der Waals surface area contributed by atoms with Crippen LogP contribution in [0.15, 0.2) is 24.4 Å². The van der Waals surface area contributed by atoms with Gasteiger partial charge < -0.3 is 5.73 Å². The third-order valence-corrected chi connectivity index (χ3v) is 2.40. The van der Waals surface area contributed by atoms with E-state index in [9.17, 15) is 0 Å². The molecule has 2 rings (SSSR count). The van der Waals surface area contributed by atoms with Gasteiger partial charge in [0, 0.05) is 6.20 Å². The van der Waals surface area contributed by atoms with Crippen LogP contribution in [0.2, 0.25) is 0 Å². The minimum atomic E-state index is -0.0394. The number of hydrogen-bond acceptors (Lipinski definition) is 3. The SMILES string of the molecule is CC(C)CC(N)c1nnc2ccccn12.Cl. The van der Waals surface area contributed by atoms with Crippen LogP contribution in [0.1, 0.15) is 32.1 Å². The second-order valence-corrected chi connectivity index (χ2v) is 4.22. The Balaban J connectivity index is 0.00000128. The zero-order valence-corrected chi connectivity index (χ0v) is 10.3. The normalized spacial score (nSPS) is 12.8. The van der Waals surface area contributed by atoms with Gasteiger partial charge in [-0.15, -0.1) is 22.6 Å². The molecule has 2 heterocycles. The van der Waals surface area contributed by atoms with Crippen molar-refractivity contribution < 1.29 is 0 Å². The molecule has 2 N–H and O–H groups in total. The number of pyridine rings is 1. The van der Waals surface area contributed by atoms with Crippen molar-refractivity contribution in [2.45, 2.75) is 26.3 Å². The molecule has 0 aliphatic heterocycles. The number of halogens is 1. The van der Waals surface area contributed by atoms with Crippen LogP contribution in [0.25, 0.3) is 5.65 Å². The van der Waals surface area contributed by atoms with E-state index < -0.39 is 0 Å². The maximum atomic E-state index is 6.08. The van der Waals surface area contributed by atoms with Crippen LogP contribution in [0.5, 0.6) is 0 Å². The summed E-state index contributed by atoms with van der Waals surface area (Å²) >= 11 is 0. The van der Waals surface area contributed by atoms with E-state index in [1.807, 2.05) is 28.8 Å². The van der Waals surface area contributed by atoms with Gasteiger partial charge in [0.1, 0.15) is 0 Å². The molecule has 0 aliphatic rings. The Morgan fingerprint density at radius 3 is 2.75 bits per heavy atom. The Kier molecular flexibility index (Phi) is 4.26.